The molecule has 1 atom stereocenters. The molecule has 0 amide bonds. The van der Waals surface area contributed by atoms with Crippen LogP contribution in [0.25, 0.3) is 0 Å². The number of benzene rings is 2. The predicted molar refractivity (Wildman–Crippen MR) is 89.7 cm³/mol. The molecule has 4 rings (SSSR count). The molecule has 1 unspecified atom stereocenters. The Kier molecular flexibility index (Phi) is 3.80. The topological polar surface area (TPSA) is 18.0 Å². The first-order chi connectivity index (χ1) is 11.3. The van der Waals surface area contributed by atoms with Gasteiger partial charge in [0.15, 0.2) is 0 Å². The SMILES string of the molecule is Clc1ccc2c(c1)CC(Cn1cc[n+](Cc3ccccc3)c1)O2. The molecule has 2 heterocycles. The summed E-state index contributed by atoms with van der Waals surface area (Å²) in [5.41, 5.74) is 2.50. The molecular weight excluding hydrogens is 308 g/mol. The van der Waals surface area contributed by atoms with Crippen molar-refractivity contribution in [3.63, 3.8) is 0 Å². The lowest BCUT2D eigenvalue weighted by atomic mass is 10.1. The third-order valence-corrected chi connectivity index (χ3v) is 4.37. The van der Waals surface area contributed by atoms with Crippen molar-refractivity contribution < 1.29 is 9.30 Å². The van der Waals surface area contributed by atoms with Gasteiger partial charge in [0.05, 0.1) is 0 Å². The highest BCUT2D eigenvalue weighted by Gasteiger charge is 2.25. The Morgan fingerprint density at radius 1 is 1.17 bits per heavy atom. The van der Waals surface area contributed by atoms with E-state index in [-0.39, 0.29) is 6.10 Å². The molecule has 0 bridgehead atoms. The third-order valence-electron chi connectivity index (χ3n) is 4.13. The van der Waals surface area contributed by atoms with E-state index in [4.69, 9.17) is 16.3 Å². The van der Waals surface area contributed by atoms with Gasteiger partial charge < -0.3 is 4.74 Å². The number of fused-ring (bicyclic) bond motifs is 1. The summed E-state index contributed by atoms with van der Waals surface area (Å²) in [5, 5.41) is 0.773. The van der Waals surface area contributed by atoms with E-state index in [1.165, 1.54) is 11.1 Å². The fourth-order valence-corrected chi connectivity index (χ4v) is 3.26. The Morgan fingerprint density at radius 2 is 2.04 bits per heavy atom. The Bertz CT molecular complexity index is 813. The molecule has 4 heteroatoms. The van der Waals surface area contributed by atoms with Crippen LogP contribution in [0.15, 0.2) is 67.3 Å². The smallest absolute Gasteiger partial charge is 0.244 e. The van der Waals surface area contributed by atoms with Crippen LogP contribution in [0, 0.1) is 0 Å². The van der Waals surface area contributed by atoms with Gasteiger partial charge in [-0.25, -0.2) is 9.13 Å². The average Bonchev–Trinajstić information content (AvgIpc) is 3.14. The maximum absolute atomic E-state index is 6.05. The summed E-state index contributed by atoms with van der Waals surface area (Å²) >= 11 is 6.05. The Hall–Kier alpha value is -2.26. The third kappa shape index (κ3) is 3.25. The molecule has 0 fully saturated rings. The monoisotopic (exact) mass is 325 g/mol. The fourth-order valence-electron chi connectivity index (χ4n) is 3.06. The summed E-state index contributed by atoms with van der Waals surface area (Å²) in [4.78, 5) is 0. The molecular formula is C19H18ClN2O+. The molecule has 23 heavy (non-hydrogen) atoms. The average molecular weight is 326 g/mol. The number of rotatable bonds is 4. The second-order valence-electron chi connectivity index (χ2n) is 5.96. The van der Waals surface area contributed by atoms with Gasteiger partial charge >= 0.3 is 0 Å². The highest BCUT2D eigenvalue weighted by molar-refractivity contribution is 6.30. The van der Waals surface area contributed by atoms with Crippen LogP contribution in [0.2, 0.25) is 5.02 Å². The number of ether oxygens (including phenoxy) is 1. The molecule has 0 N–H and O–H groups in total. The first-order valence-electron chi connectivity index (χ1n) is 7.80. The molecule has 2 aromatic carbocycles. The van der Waals surface area contributed by atoms with E-state index in [9.17, 15) is 0 Å². The van der Waals surface area contributed by atoms with Gasteiger partial charge in [0.25, 0.3) is 0 Å². The summed E-state index contributed by atoms with van der Waals surface area (Å²) < 4.78 is 10.4. The van der Waals surface area contributed by atoms with Gasteiger partial charge in [-0.2, -0.15) is 0 Å². The first kappa shape index (κ1) is 14.3. The van der Waals surface area contributed by atoms with E-state index < -0.39 is 0 Å². The van der Waals surface area contributed by atoms with Crippen molar-refractivity contribution in [3.8, 4) is 5.75 Å². The van der Waals surface area contributed by atoms with Gasteiger partial charge in [-0.05, 0) is 29.3 Å². The standard InChI is InChI=1S/C19H18ClN2O/c20-17-6-7-19-16(10-17)11-18(23-19)13-22-9-8-21(14-22)12-15-4-2-1-3-5-15/h1-10,14,18H,11-13H2/q+1. The molecule has 0 aliphatic carbocycles. The van der Waals surface area contributed by atoms with Crippen molar-refractivity contribution in [2.45, 2.75) is 25.6 Å². The lowest BCUT2D eigenvalue weighted by molar-refractivity contribution is -0.687. The number of nitrogens with zero attached hydrogens (tertiary/aromatic N) is 2. The number of hydrogen-bond donors (Lipinski definition) is 0. The normalized spacial score (nSPS) is 16.1. The molecule has 0 radical (unpaired) electrons. The summed E-state index contributed by atoms with van der Waals surface area (Å²) in [6, 6.07) is 16.3. The van der Waals surface area contributed by atoms with Gasteiger partial charge in [-0.15, -0.1) is 0 Å². The molecule has 1 aliphatic heterocycles. The fraction of sp³-hybridized carbons (Fsp3) is 0.211. The van der Waals surface area contributed by atoms with Gasteiger partial charge in [-0.1, -0.05) is 41.9 Å². The van der Waals surface area contributed by atoms with E-state index in [2.05, 4.69) is 52.1 Å². The summed E-state index contributed by atoms with van der Waals surface area (Å²) in [6.07, 6.45) is 7.41. The second-order valence-corrected chi connectivity index (χ2v) is 6.40. The molecule has 3 nitrogen and oxygen atoms in total. The van der Waals surface area contributed by atoms with Crippen LogP contribution < -0.4 is 9.30 Å². The largest absolute Gasteiger partial charge is 0.486 e. The van der Waals surface area contributed by atoms with E-state index in [0.717, 1.165) is 30.3 Å². The zero-order valence-electron chi connectivity index (χ0n) is 12.7. The van der Waals surface area contributed by atoms with Crippen LogP contribution in [0.1, 0.15) is 11.1 Å². The van der Waals surface area contributed by atoms with E-state index >= 15 is 0 Å². The first-order valence-corrected chi connectivity index (χ1v) is 8.18. The van der Waals surface area contributed by atoms with Crippen LogP contribution in [0.5, 0.6) is 5.75 Å². The van der Waals surface area contributed by atoms with Crippen LogP contribution >= 0.6 is 11.6 Å². The number of halogens is 1. The molecule has 116 valence electrons. The zero-order valence-corrected chi connectivity index (χ0v) is 13.5. The van der Waals surface area contributed by atoms with Crippen molar-refractivity contribution in [2.75, 3.05) is 0 Å². The maximum atomic E-state index is 6.05. The van der Waals surface area contributed by atoms with Crippen LogP contribution in [-0.4, -0.2) is 10.7 Å². The lowest BCUT2D eigenvalue weighted by Crippen LogP contribution is -2.32. The minimum Gasteiger partial charge on any atom is -0.486 e. The van der Waals surface area contributed by atoms with Crippen molar-refractivity contribution in [1.29, 1.82) is 0 Å². The quantitative estimate of drug-likeness (QED) is 0.672. The molecule has 1 aromatic heterocycles. The Morgan fingerprint density at radius 3 is 2.91 bits per heavy atom. The number of imidazole rings is 1. The molecule has 0 spiro atoms. The van der Waals surface area contributed by atoms with Crippen molar-refractivity contribution in [3.05, 3.63) is 83.4 Å². The van der Waals surface area contributed by atoms with Gasteiger partial charge in [0.2, 0.25) is 6.33 Å². The van der Waals surface area contributed by atoms with Crippen molar-refractivity contribution in [2.24, 2.45) is 0 Å². The van der Waals surface area contributed by atoms with Crippen molar-refractivity contribution >= 4 is 11.6 Å². The van der Waals surface area contributed by atoms with Gasteiger partial charge in [-0.3, -0.25) is 0 Å². The molecule has 0 saturated carbocycles. The molecule has 1 aliphatic rings. The maximum Gasteiger partial charge on any atom is 0.244 e. The van der Waals surface area contributed by atoms with Gasteiger partial charge in [0.1, 0.15) is 37.3 Å². The molecule has 3 aromatic rings. The Labute approximate surface area is 140 Å². The zero-order chi connectivity index (χ0) is 15.6. The lowest BCUT2D eigenvalue weighted by Gasteiger charge is -2.07. The number of aromatic nitrogens is 2. The summed E-state index contributed by atoms with van der Waals surface area (Å²) in [7, 11) is 0. The van der Waals surface area contributed by atoms with Crippen LogP contribution in [0.4, 0.5) is 0 Å². The van der Waals surface area contributed by atoms with E-state index in [0.29, 0.717) is 0 Å². The second kappa shape index (κ2) is 6.09. The predicted octanol–water partition coefficient (Wildman–Crippen LogP) is 3.48. The van der Waals surface area contributed by atoms with Crippen molar-refractivity contribution in [1.82, 2.24) is 4.57 Å². The highest BCUT2D eigenvalue weighted by atomic mass is 35.5. The Balaban J connectivity index is 1.41. The minimum absolute atomic E-state index is 0.168. The minimum atomic E-state index is 0.168. The molecule has 0 saturated heterocycles. The van der Waals surface area contributed by atoms with E-state index in [1.54, 1.807) is 0 Å². The van der Waals surface area contributed by atoms with Crippen LogP contribution in [0.3, 0.4) is 0 Å². The highest BCUT2D eigenvalue weighted by Crippen LogP contribution is 2.31. The van der Waals surface area contributed by atoms with E-state index in [1.807, 2.05) is 24.3 Å². The summed E-state index contributed by atoms with van der Waals surface area (Å²) in [6.45, 7) is 1.73. The van der Waals surface area contributed by atoms with Crippen LogP contribution in [-0.2, 0) is 19.5 Å². The number of hydrogen-bond acceptors (Lipinski definition) is 1. The summed E-state index contributed by atoms with van der Waals surface area (Å²) in [5.74, 6) is 0.962. The van der Waals surface area contributed by atoms with Gasteiger partial charge in [0, 0.05) is 11.4 Å².